The summed E-state index contributed by atoms with van der Waals surface area (Å²) in [5, 5.41) is 13.1. The van der Waals surface area contributed by atoms with Crippen molar-refractivity contribution in [2.75, 3.05) is 23.3 Å². The van der Waals surface area contributed by atoms with Gasteiger partial charge in [0.05, 0.1) is 12.1 Å². The highest BCUT2D eigenvalue weighted by atomic mass is 16.3. The van der Waals surface area contributed by atoms with Gasteiger partial charge in [0.2, 0.25) is 5.91 Å². The number of fused-ring (bicyclic) bond motifs is 1. The molecule has 0 spiro atoms. The van der Waals surface area contributed by atoms with E-state index >= 15 is 0 Å². The highest BCUT2D eigenvalue weighted by Gasteiger charge is 2.29. The van der Waals surface area contributed by atoms with Gasteiger partial charge in [-0.2, -0.15) is 0 Å². The first kappa shape index (κ1) is 15.9. The van der Waals surface area contributed by atoms with Crippen LogP contribution in [0.4, 0.5) is 11.5 Å². The Labute approximate surface area is 146 Å². The predicted octanol–water partition coefficient (Wildman–Crippen LogP) is 2.84. The SMILES string of the molecule is O=C(Nc1cncnc1N1CCCC1)C1CCCc2c(O)cccc21. The lowest BCUT2D eigenvalue weighted by Gasteiger charge is -2.26. The van der Waals surface area contributed by atoms with Gasteiger partial charge in [0.15, 0.2) is 5.82 Å². The predicted molar refractivity (Wildman–Crippen MR) is 95.9 cm³/mol. The number of aromatic hydroxyl groups is 1. The van der Waals surface area contributed by atoms with Crippen LogP contribution in [0.1, 0.15) is 42.7 Å². The molecule has 1 aliphatic heterocycles. The van der Waals surface area contributed by atoms with Crippen LogP contribution in [0.3, 0.4) is 0 Å². The van der Waals surface area contributed by atoms with E-state index in [1.165, 1.54) is 6.33 Å². The van der Waals surface area contributed by atoms with Crippen molar-refractivity contribution in [1.29, 1.82) is 0 Å². The number of rotatable bonds is 3. The Morgan fingerprint density at radius 3 is 2.92 bits per heavy atom. The molecule has 1 saturated heterocycles. The minimum Gasteiger partial charge on any atom is -0.508 e. The molecule has 130 valence electrons. The van der Waals surface area contributed by atoms with Crippen LogP contribution in [-0.2, 0) is 11.2 Å². The van der Waals surface area contributed by atoms with Gasteiger partial charge in [0.25, 0.3) is 0 Å². The Morgan fingerprint density at radius 2 is 2.08 bits per heavy atom. The van der Waals surface area contributed by atoms with Crippen LogP contribution in [0.25, 0.3) is 0 Å². The number of nitrogens with one attached hydrogen (secondary N) is 1. The van der Waals surface area contributed by atoms with E-state index in [-0.39, 0.29) is 17.6 Å². The molecule has 2 aromatic rings. The maximum Gasteiger partial charge on any atom is 0.232 e. The molecule has 25 heavy (non-hydrogen) atoms. The summed E-state index contributed by atoms with van der Waals surface area (Å²) in [4.78, 5) is 23.6. The zero-order valence-corrected chi connectivity index (χ0v) is 14.1. The first-order valence-electron chi connectivity index (χ1n) is 8.90. The topological polar surface area (TPSA) is 78.4 Å². The van der Waals surface area contributed by atoms with E-state index < -0.39 is 0 Å². The highest BCUT2D eigenvalue weighted by molar-refractivity contribution is 5.98. The van der Waals surface area contributed by atoms with Crippen LogP contribution < -0.4 is 10.2 Å². The number of carbonyl (C=O) groups is 1. The third kappa shape index (κ3) is 3.04. The van der Waals surface area contributed by atoms with Gasteiger partial charge in [-0.25, -0.2) is 9.97 Å². The molecule has 0 bridgehead atoms. The molecule has 1 amide bonds. The van der Waals surface area contributed by atoms with Gasteiger partial charge in [-0.1, -0.05) is 12.1 Å². The van der Waals surface area contributed by atoms with Gasteiger partial charge in [0.1, 0.15) is 17.8 Å². The van der Waals surface area contributed by atoms with Crippen molar-refractivity contribution in [2.45, 2.75) is 38.0 Å². The minimum absolute atomic E-state index is 0.0539. The van der Waals surface area contributed by atoms with Gasteiger partial charge >= 0.3 is 0 Å². The van der Waals surface area contributed by atoms with Crippen LogP contribution in [0.2, 0.25) is 0 Å². The molecule has 6 nitrogen and oxygen atoms in total. The van der Waals surface area contributed by atoms with Crippen LogP contribution in [0.5, 0.6) is 5.75 Å². The average molecular weight is 338 g/mol. The number of anilines is 2. The first-order valence-corrected chi connectivity index (χ1v) is 8.90. The molecule has 1 aliphatic carbocycles. The van der Waals surface area contributed by atoms with E-state index in [0.717, 1.165) is 62.1 Å². The maximum atomic E-state index is 12.9. The molecule has 1 unspecified atom stereocenters. The summed E-state index contributed by atoms with van der Waals surface area (Å²) in [6, 6.07) is 5.44. The summed E-state index contributed by atoms with van der Waals surface area (Å²) in [7, 11) is 0. The Morgan fingerprint density at radius 1 is 1.24 bits per heavy atom. The molecular weight excluding hydrogens is 316 g/mol. The molecule has 2 N–H and O–H groups in total. The fourth-order valence-electron chi connectivity index (χ4n) is 3.91. The lowest BCUT2D eigenvalue weighted by Crippen LogP contribution is -2.27. The first-order chi connectivity index (χ1) is 12.2. The van der Waals surface area contributed by atoms with Crippen LogP contribution >= 0.6 is 0 Å². The second-order valence-corrected chi connectivity index (χ2v) is 6.73. The molecule has 0 radical (unpaired) electrons. The number of aromatic nitrogens is 2. The monoisotopic (exact) mass is 338 g/mol. The van der Waals surface area contributed by atoms with E-state index in [0.29, 0.717) is 5.69 Å². The molecule has 1 aromatic heterocycles. The number of phenols is 1. The number of hydrogen-bond acceptors (Lipinski definition) is 5. The van der Waals surface area contributed by atoms with Gasteiger partial charge in [-0.15, -0.1) is 0 Å². The van der Waals surface area contributed by atoms with E-state index in [2.05, 4.69) is 20.2 Å². The quantitative estimate of drug-likeness (QED) is 0.900. The number of hydrogen-bond donors (Lipinski definition) is 2. The number of nitrogens with zero attached hydrogens (tertiary/aromatic N) is 3. The fourth-order valence-corrected chi connectivity index (χ4v) is 3.91. The number of carbonyl (C=O) groups excluding carboxylic acids is 1. The normalized spacial score (nSPS) is 19.5. The summed E-state index contributed by atoms with van der Waals surface area (Å²) in [6.07, 6.45) is 7.99. The molecule has 1 fully saturated rings. The summed E-state index contributed by atoms with van der Waals surface area (Å²) < 4.78 is 0. The molecule has 2 heterocycles. The third-order valence-electron chi connectivity index (χ3n) is 5.15. The third-order valence-corrected chi connectivity index (χ3v) is 5.15. The molecule has 0 saturated carbocycles. The van der Waals surface area contributed by atoms with Crippen LogP contribution in [0.15, 0.2) is 30.7 Å². The summed E-state index contributed by atoms with van der Waals surface area (Å²) in [6.45, 7) is 1.92. The number of amides is 1. The molecule has 2 aliphatic rings. The van der Waals surface area contributed by atoms with Crippen molar-refractivity contribution in [3.63, 3.8) is 0 Å². The van der Waals surface area contributed by atoms with Crippen molar-refractivity contribution in [2.24, 2.45) is 0 Å². The Kier molecular flexibility index (Phi) is 4.26. The molecule has 4 rings (SSSR count). The van der Waals surface area contributed by atoms with Crippen molar-refractivity contribution >= 4 is 17.4 Å². The smallest absolute Gasteiger partial charge is 0.232 e. The molecule has 1 aromatic carbocycles. The Bertz CT molecular complexity index is 787. The summed E-state index contributed by atoms with van der Waals surface area (Å²) in [5.74, 6) is 0.785. The van der Waals surface area contributed by atoms with Crippen molar-refractivity contribution < 1.29 is 9.90 Å². The maximum absolute atomic E-state index is 12.9. The van der Waals surface area contributed by atoms with Crippen molar-refractivity contribution in [3.05, 3.63) is 41.9 Å². The van der Waals surface area contributed by atoms with Crippen molar-refractivity contribution in [1.82, 2.24) is 9.97 Å². The standard InChI is InChI=1S/C19H22N4O2/c24-17-8-4-5-13-14(17)6-3-7-15(13)19(25)22-16-11-20-12-21-18(16)23-9-1-2-10-23/h4-5,8,11-12,15,24H,1-3,6-7,9-10H2,(H,22,25). The van der Waals surface area contributed by atoms with Gasteiger partial charge in [0, 0.05) is 13.1 Å². The Hall–Kier alpha value is -2.63. The molecular formula is C19H22N4O2. The largest absolute Gasteiger partial charge is 0.508 e. The second-order valence-electron chi connectivity index (χ2n) is 6.73. The van der Waals surface area contributed by atoms with E-state index in [1.807, 2.05) is 6.07 Å². The van der Waals surface area contributed by atoms with Gasteiger partial charge in [-0.05, 0) is 49.3 Å². The zero-order valence-electron chi connectivity index (χ0n) is 14.1. The van der Waals surface area contributed by atoms with Crippen molar-refractivity contribution in [3.8, 4) is 5.75 Å². The second kappa shape index (κ2) is 6.70. The Balaban J connectivity index is 1.59. The summed E-state index contributed by atoms with van der Waals surface area (Å²) >= 11 is 0. The fraction of sp³-hybridized carbons (Fsp3) is 0.421. The highest BCUT2D eigenvalue weighted by Crippen LogP contribution is 2.37. The van der Waals surface area contributed by atoms with Crippen LogP contribution in [-0.4, -0.2) is 34.1 Å². The van der Waals surface area contributed by atoms with Crippen LogP contribution in [0, 0.1) is 0 Å². The molecule has 1 atom stereocenters. The number of benzene rings is 1. The average Bonchev–Trinajstić information content (AvgIpc) is 3.16. The van der Waals surface area contributed by atoms with Gasteiger partial charge < -0.3 is 15.3 Å². The lowest BCUT2D eigenvalue weighted by atomic mass is 9.82. The molecule has 6 heteroatoms. The minimum atomic E-state index is -0.248. The number of phenolic OH excluding ortho intramolecular Hbond substituents is 1. The van der Waals surface area contributed by atoms with E-state index in [9.17, 15) is 9.90 Å². The summed E-state index contributed by atoms with van der Waals surface area (Å²) in [5.41, 5.74) is 2.50. The zero-order chi connectivity index (χ0) is 17.2. The lowest BCUT2D eigenvalue weighted by molar-refractivity contribution is -0.117. The van der Waals surface area contributed by atoms with E-state index in [1.54, 1.807) is 18.3 Å². The van der Waals surface area contributed by atoms with E-state index in [4.69, 9.17) is 0 Å². The van der Waals surface area contributed by atoms with Gasteiger partial charge in [-0.3, -0.25) is 4.79 Å².